The van der Waals surface area contributed by atoms with E-state index in [1.807, 2.05) is 0 Å². The lowest BCUT2D eigenvalue weighted by atomic mass is 10.1. The Kier molecular flexibility index (Phi) is 6.67. The van der Waals surface area contributed by atoms with Crippen molar-refractivity contribution in [3.63, 3.8) is 0 Å². The second-order valence-electron chi connectivity index (χ2n) is 5.97. The van der Waals surface area contributed by atoms with Crippen molar-refractivity contribution >= 4 is 15.9 Å². The number of amides is 1. The Morgan fingerprint density at radius 2 is 1.67 bits per heavy atom. The third-order valence-electron chi connectivity index (χ3n) is 4.24. The first-order valence-electron chi connectivity index (χ1n) is 8.56. The Hall–Kier alpha value is -2.32. The van der Waals surface area contributed by atoms with Gasteiger partial charge in [-0.25, -0.2) is 17.2 Å². The molecule has 0 fully saturated rings. The highest BCUT2D eigenvalue weighted by Gasteiger charge is 2.22. The third-order valence-corrected chi connectivity index (χ3v) is 6.30. The van der Waals surface area contributed by atoms with E-state index in [1.54, 1.807) is 20.8 Å². The Labute approximate surface area is 158 Å². The Balaban J connectivity index is 2.16. The van der Waals surface area contributed by atoms with Crippen molar-refractivity contribution < 1.29 is 22.0 Å². The number of nitrogens with one attached hydrogen (secondary N) is 1. The molecule has 27 heavy (non-hydrogen) atoms. The van der Waals surface area contributed by atoms with Crippen LogP contribution in [0.4, 0.5) is 8.78 Å². The minimum Gasteiger partial charge on any atom is -0.345 e. The number of carbonyl (C=O) groups excluding carboxylic acids is 1. The van der Waals surface area contributed by atoms with Gasteiger partial charge in [0, 0.05) is 30.3 Å². The van der Waals surface area contributed by atoms with E-state index in [9.17, 15) is 22.0 Å². The van der Waals surface area contributed by atoms with Gasteiger partial charge in [0.05, 0.1) is 10.9 Å². The van der Waals surface area contributed by atoms with Crippen molar-refractivity contribution in [3.05, 3.63) is 65.2 Å². The molecule has 0 bridgehead atoms. The van der Waals surface area contributed by atoms with Crippen molar-refractivity contribution in [1.82, 2.24) is 9.62 Å². The zero-order valence-corrected chi connectivity index (χ0v) is 16.2. The molecular formula is C19H22F2N2O3S. The van der Waals surface area contributed by atoms with Crippen LogP contribution < -0.4 is 5.32 Å². The highest BCUT2D eigenvalue weighted by Crippen LogP contribution is 2.19. The summed E-state index contributed by atoms with van der Waals surface area (Å²) in [4.78, 5) is 12.4. The molecule has 0 spiro atoms. The topological polar surface area (TPSA) is 66.5 Å². The number of rotatable bonds is 7. The predicted molar refractivity (Wildman–Crippen MR) is 98.8 cm³/mol. The van der Waals surface area contributed by atoms with E-state index in [2.05, 4.69) is 5.32 Å². The predicted octanol–water partition coefficient (Wildman–Crippen LogP) is 3.49. The SMILES string of the molecule is CCN(CC)S(=O)(=O)c1ccc(C(=O)NC(C)c2ccc(F)cc2F)cc1. The smallest absolute Gasteiger partial charge is 0.251 e. The molecule has 1 atom stereocenters. The maximum atomic E-state index is 13.8. The molecule has 2 aromatic carbocycles. The van der Waals surface area contributed by atoms with Crippen LogP contribution in [0.1, 0.15) is 42.7 Å². The fraction of sp³-hybridized carbons (Fsp3) is 0.316. The van der Waals surface area contributed by atoms with E-state index in [0.717, 1.165) is 12.1 Å². The lowest BCUT2D eigenvalue weighted by Gasteiger charge is -2.19. The molecule has 0 saturated heterocycles. The number of halogens is 2. The van der Waals surface area contributed by atoms with Crippen LogP contribution in [0.15, 0.2) is 47.4 Å². The largest absolute Gasteiger partial charge is 0.345 e. The Bertz CT molecular complexity index is 911. The van der Waals surface area contributed by atoms with Gasteiger partial charge in [-0.15, -0.1) is 0 Å². The Morgan fingerprint density at radius 1 is 1.07 bits per heavy atom. The van der Waals surface area contributed by atoms with Crippen molar-refractivity contribution in [2.75, 3.05) is 13.1 Å². The highest BCUT2D eigenvalue weighted by atomic mass is 32.2. The fourth-order valence-corrected chi connectivity index (χ4v) is 4.16. The van der Waals surface area contributed by atoms with Gasteiger partial charge in [-0.05, 0) is 37.3 Å². The van der Waals surface area contributed by atoms with E-state index in [0.29, 0.717) is 13.1 Å². The van der Waals surface area contributed by atoms with Crippen LogP contribution in [-0.4, -0.2) is 31.7 Å². The third kappa shape index (κ3) is 4.70. The summed E-state index contributed by atoms with van der Waals surface area (Å²) < 4.78 is 53.1. The quantitative estimate of drug-likeness (QED) is 0.779. The summed E-state index contributed by atoms with van der Waals surface area (Å²) >= 11 is 0. The van der Waals surface area contributed by atoms with Gasteiger partial charge in [-0.3, -0.25) is 4.79 Å². The van der Waals surface area contributed by atoms with E-state index in [4.69, 9.17) is 0 Å². The average molecular weight is 396 g/mol. The summed E-state index contributed by atoms with van der Waals surface area (Å²) in [5, 5.41) is 2.61. The molecule has 1 unspecified atom stereocenters. The number of hydrogen-bond acceptors (Lipinski definition) is 3. The second kappa shape index (κ2) is 8.58. The van der Waals surface area contributed by atoms with Gasteiger partial charge in [-0.1, -0.05) is 19.9 Å². The maximum absolute atomic E-state index is 13.8. The zero-order valence-electron chi connectivity index (χ0n) is 15.4. The molecule has 0 aliphatic heterocycles. The van der Waals surface area contributed by atoms with Gasteiger partial charge in [-0.2, -0.15) is 4.31 Å². The number of carbonyl (C=O) groups is 1. The van der Waals surface area contributed by atoms with Gasteiger partial charge >= 0.3 is 0 Å². The summed E-state index contributed by atoms with van der Waals surface area (Å²) in [5.74, 6) is -1.93. The molecule has 0 aliphatic rings. The van der Waals surface area contributed by atoms with Gasteiger partial charge in [0.25, 0.3) is 5.91 Å². The monoisotopic (exact) mass is 396 g/mol. The van der Waals surface area contributed by atoms with Crippen molar-refractivity contribution in [2.45, 2.75) is 31.7 Å². The van der Waals surface area contributed by atoms with E-state index in [1.165, 1.54) is 34.6 Å². The summed E-state index contributed by atoms with van der Waals surface area (Å²) in [5.41, 5.74) is 0.397. The molecule has 0 heterocycles. The molecule has 0 aliphatic carbocycles. The molecule has 5 nitrogen and oxygen atoms in total. The minimum atomic E-state index is -3.60. The molecule has 8 heteroatoms. The number of benzene rings is 2. The first kappa shape index (κ1) is 21.0. The van der Waals surface area contributed by atoms with E-state index >= 15 is 0 Å². The number of nitrogens with zero attached hydrogens (tertiary/aromatic N) is 1. The van der Waals surface area contributed by atoms with Gasteiger partial charge in [0.15, 0.2) is 0 Å². The first-order valence-corrected chi connectivity index (χ1v) is 10.0. The normalized spacial score (nSPS) is 12.8. The van der Waals surface area contributed by atoms with Gasteiger partial charge in [0.2, 0.25) is 10.0 Å². The molecule has 1 N–H and O–H groups in total. The standard InChI is InChI=1S/C19H22F2N2O3S/c1-4-23(5-2)27(25,26)16-9-6-14(7-10-16)19(24)22-13(3)17-11-8-15(20)12-18(17)21/h6-13H,4-5H2,1-3H3,(H,22,24). The van der Waals surface area contributed by atoms with Crippen LogP contribution >= 0.6 is 0 Å². The first-order chi connectivity index (χ1) is 12.7. The summed E-state index contributed by atoms with van der Waals surface area (Å²) in [6.45, 7) is 5.77. The van der Waals surface area contributed by atoms with Crippen molar-refractivity contribution in [2.24, 2.45) is 0 Å². The van der Waals surface area contributed by atoms with E-state index in [-0.39, 0.29) is 16.0 Å². The Morgan fingerprint density at radius 3 is 2.19 bits per heavy atom. The van der Waals surface area contributed by atoms with E-state index < -0.39 is 33.6 Å². The number of sulfonamides is 1. The molecule has 1 amide bonds. The molecule has 0 radical (unpaired) electrons. The minimum absolute atomic E-state index is 0.0976. The van der Waals surface area contributed by atoms with Crippen LogP contribution in [0.3, 0.4) is 0 Å². The van der Waals surface area contributed by atoms with Crippen LogP contribution in [-0.2, 0) is 10.0 Å². The van der Waals surface area contributed by atoms with Crippen LogP contribution in [0.2, 0.25) is 0 Å². The maximum Gasteiger partial charge on any atom is 0.251 e. The average Bonchev–Trinajstić information content (AvgIpc) is 2.62. The number of hydrogen-bond donors (Lipinski definition) is 1. The highest BCUT2D eigenvalue weighted by molar-refractivity contribution is 7.89. The summed E-state index contributed by atoms with van der Waals surface area (Å²) in [6.07, 6.45) is 0. The fourth-order valence-electron chi connectivity index (χ4n) is 2.70. The van der Waals surface area contributed by atoms with Gasteiger partial charge < -0.3 is 5.32 Å². The molecule has 2 rings (SSSR count). The molecule has 146 valence electrons. The zero-order chi connectivity index (χ0) is 20.2. The summed E-state index contributed by atoms with van der Waals surface area (Å²) in [6, 6.07) is 8.00. The summed E-state index contributed by atoms with van der Waals surface area (Å²) in [7, 11) is -3.60. The van der Waals surface area contributed by atoms with Crippen LogP contribution in [0, 0.1) is 11.6 Å². The molecule has 0 aromatic heterocycles. The molecular weight excluding hydrogens is 374 g/mol. The lowest BCUT2D eigenvalue weighted by molar-refractivity contribution is 0.0939. The van der Waals surface area contributed by atoms with Crippen molar-refractivity contribution in [1.29, 1.82) is 0 Å². The van der Waals surface area contributed by atoms with Crippen LogP contribution in [0.25, 0.3) is 0 Å². The lowest BCUT2D eigenvalue weighted by Crippen LogP contribution is -2.31. The molecule has 2 aromatic rings. The second-order valence-corrected chi connectivity index (χ2v) is 7.91. The van der Waals surface area contributed by atoms with Crippen molar-refractivity contribution in [3.8, 4) is 0 Å². The van der Waals surface area contributed by atoms with Gasteiger partial charge in [0.1, 0.15) is 11.6 Å². The molecule has 0 saturated carbocycles. The van der Waals surface area contributed by atoms with Crippen LogP contribution in [0.5, 0.6) is 0 Å².